The highest BCUT2D eigenvalue weighted by Gasteiger charge is 2.15. The Morgan fingerprint density at radius 2 is 1.61 bits per heavy atom. The molecule has 0 radical (unpaired) electrons. The van der Waals surface area contributed by atoms with Crippen LogP contribution in [-0.4, -0.2) is 10.9 Å². The molecule has 0 bridgehead atoms. The first kappa shape index (κ1) is 14.5. The van der Waals surface area contributed by atoms with Gasteiger partial charge in [0.25, 0.3) is 5.91 Å². The lowest BCUT2D eigenvalue weighted by Crippen LogP contribution is -2.14. The Morgan fingerprint density at radius 3 is 2.35 bits per heavy atom. The first-order valence-electron chi connectivity index (χ1n) is 7.10. The topological polar surface area (TPSA) is 65.8 Å². The van der Waals surface area contributed by atoms with Crippen molar-refractivity contribution in [2.75, 3.05) is 5.32 Å². The van der Waals surface area contributed by atoms with Gasteiger partial charge in [0.1, 0.15) is 5.82 Å². The van der Waals surface area contributed by atoms with Crippen molar-refractivity contribution in [1.29, 1.82) is 5.26 Å². The number of aromatic nitrogens is 1. The number of hydrogen-bond donors (Lipinski definition) is 1. The van der Waals surface area contributed by atoms with Gasteiger partial charge in [-0.1, -0.05) is 42.5 Å². The van der Waals surface area contributed by atoms with Gasteiger partial charge in [0.05, 0.1) is 11.6 Å². The van der Waals surface area contributed by atoms with E-state index in [-0.39, 0.29) is 5.91 Å². The molecule has 1 N–H and O–H groups in total. The van der Waals surface area contributed by atoms with Crippen molar-refractivity contribution in [3.05, 3.63) is 84.1 Å². The third-order valence-electron chi connectivity index (χ3n) is 3.42. The van der Waals surface area contributed by atoms with Gasteiger partial charge in [0.15, 0.2) is 0 Å². The second kappa shape index (κ2) is 6.54. The molecule has 0 saturated carbocycles. The van der Waals surface area contributed by atoms with Crippen LogP contribution in [0.4, 0.5) is 5.82 Å². The summed E-state index contributed by atoms with van der Waals surface area (Å²) >= 11 is 0. The number of nitrogens with zero attached hydrogens (tertiary/aromatic N) is 2. The van der Waals surface area contributed by atoms with Crippen molar-refractivity contribution in [2.45, 2.75) is 0 Å². The van der Waals surface area contributed by atoms with Gasteiger partial charge in [-0.15, -0.1) is 0 Å². The summed E-state index contributed by atoms with van der Waals surface area (Å²) in [6, 6.07) is 21.9. The molecule has 1 heterocycles. The van der Waals surface area contributed by atoms with E-state index in [9.17, 15) is 10.1 Å². The Balaban J connectivity index is 2.02. The predicted molar refractivity (Wildman–Crippen MR) is 88.8 cm³/mol. The average Bonchev–Trinajstić information content (AvgIpc) is 2.62. The normalized spacial score (nSPS) is 9.87. The van der Waals surface area contributed by atoms with Crippen LogP contribution >= 0.6 is 0 Å². The molecular formula is C19H13N3O. The number of rotatable bonds is 3. The molecule has 0 unspecified atom stereocenters. The SMILES string of the molecule is N#Cc1ccccc1-c1ccccc1C(=O)Nc1ccccn1. The standard InChI is InChI=1S/C19H13N3O/c20-13-14-7-1-2-8-15(14)16-9-3-4-10-17(16)19(23)22-18-11-5-6-12-21-18/h1-12H,(H,21,22,23). The van der Waals surface area contributed by atoms with Crippen LogP contribution in [0, 0.1) is 11.3 Å². The summed E-state index contributed by atoms with van der Waals surface area (Å²) in [5, 5.41) is 12.1. The maximum atomic E-state index is 12.6. The molecule has 0 fully saturated rings. The largest absolute Gasteiger partial charge is 0.307 e. The van der Waals surface area contributed by atoms with E-state index in [4.69, 9.17) is 0 Å². The van der Waals surface area contributed by atoms with E-state index < -0.39 is 0 Å². The second-order valence-electron chi connectivity index (χ2n) is 4.87. The minimum Gasteiger partial charge on any atom is -0.307 e. The predicted octanol–water partition coefficient (Wildman–Crippen LogP) is 3.87. The van der Waals surface area contributed by atoms with E-state index in [1.54, 1.807) is 48.7 Å². The van der Waals surface area contributed by atoms with Crippen LogP contribution in [0.25, 0.3) is 11.1 Å². The summed E-state index contributed by atoms with van der Waals surface area (Å²) in [6.07, 6.45) is 1.62. The Kier molecular flexibility index (Phi) is 4.12. The zero-order chi connectivity index (χ0) is 16.1. The third-order valence-corrected chi connectivity index (χ3v) is 3.42. The molecule has 0 atom stereocenters. The molecule has 110 valence electrons. The molecule has 3 aromatic rings. The van der Waals surface area contributed by atoms with Crippen LogP contribution in [0.5, 0.6) is 0 Å². The molecule has 0 aliphatic heterocycles. The Hall–Kier alpha value is -3.45. The number of carbonyl (C=O) groups excluding carboxylic acids is 1. The maximum absolute atomic E-state index is 12.6. The Bertz CT molecular complexity index is 882. The zero-order valence-corrected chi connectivity index (χ0v) is 12.2. The van der Waals surface area contributed by atoms with Gasteiger partial charge in [-0.3, -0.25) is 4.79 Å². The summed E-state index contributed by atoms with van der Waals surface area (Å²) < 4.78 is 0. The van der Waals surface area contributed by atoms with Crippen molar-refractivity contribution in [3.8, 4) is 17.2 Å². The fraction of sp³-hybridized carbons (Fsp3) is 0. The molecule has 0 saturated heterocycles. The van der Waals surface area contributed by atoms with E-state index in [1.165, 1.54) is 0 Å². The van der Waals surface area contributed by atoms with Gasteiger partial charge in [0.2, 0.25) is 0 Å². The molecule has 0 spiro atoms. The lowest BCUT2D eigenvalue weighted by Gasteiger charge is -2.11. The molecule has 2 aromatic carbocycles. The quantitative estimate of drug-likeness (QED) is 0.798. The minimum absolute atomic E-state index is 0.257. The van der Waals surface area contributed by atoms with E-state index in [0.29, 0.717) is 16.9 Å². The Morgan fingerprint density at radius 1 is 0.913 bits per heavy atom. The van der Waals surface area contributed by atoms with Crippen molar-refractivity contribution < 1.29 is 4.79 Å². The van der Waals surface area contributed by atoms with Crippen LogP contribution in [-0.2, 0) is 0 Å². The summed E-state index contributed by atoms with van der Waals surface area (Å²) in [7, 11) is 0. The number of amides is 1. The lowest BCUT2D eigenvalue weighted by atomic mass is 9.95. The second-order valence-corrected chi connectivity index (χ2v) is 4.87. The number of nitrogens with one attached hydrogen (secondary N) is 1. The average molecular weight is 299 g/mol. The first-order chi connectivity index (χ1) is 11.3. The van der Waals surface area contributed by atoms with Gasteiger partial charge in [0, 0.05) is 17.3 Å². The fourth-order valence-electron chi connectivity index (χ4n) is 2.35. The van der Waals surface area contributed by atoms with Crippen LogP contribution in [0.3, 0.4) is 0 Å². The number of hydrogen-bond acceptors (Lipinski definition) is 3. The van der Waals surface area contributed by atoms with E-state index in [2.05, 4.69) is 16.4 Å². The smallest absolute Gasteiger partial charge is 0.257 e. The van der Waals surface area contributed by atoms with Crippen LogP contribution < -0.4 is 5.32 Å². The summed E-state index contributed by atoms with van der Waals surface area (Å²) in [4.78, 5) is 16.7. The highest BCUT2D eigenvalue weighted by atomic mass is 16.1. The molecule has 0 aliphatic carbocycles. The molecule has 4 heteroatoms. The van der Waals surface area contributed by atoms with Gasteiger partial charge in [-0.05, 0) is 29.8 Å². The molecule has 23 heavy (non-hydrogen) atoms. The number of benzene rings is 2. The zero-order valence-electron chi connectivity index (χ0n) is 12.2. The number of anilines is 1. The van der Waals surface area contributed by atoms with Crippen LogP contribution in [0.15, 0.2) is 72.9 Å². The molecular weight excluding hydrogens is 286 g/mol. The van der Waals surface area contributed by atoms with E-state index in [0.717, 1.165) is 11.1 Å². The lowest BCUT2D eigenvalue weighted by molar-refractivity contribution is 0.102. The van der Waals surface area contributed by atoms with Gasteiger partial charge in [-0.2, -0.15) is 5.26 Å². The first-order valence-corrected chi connectivity index (χ1v) is 7.10. The summed E-state index contributed by atoms with van der Waals surface area (Å²) in [5.41, 5.74) is 2.49. The molecule has 1 amide bonds. The molecule has 1 aromatic heterocycles. The fourth-order valence-corrected chi connectivity index (χ4v) is 2.35. The summed E-state index contributed by atoms with van der Waals surface area (Å²) in [5.74, 6) is 0.230. The maximum Gasteiger partial charge on any atom is 0.257 e. The van der Waals surface area contributed by atoms with Crippen molar-refractivity contribution >= 4 is 11.7 Å². The highest BCUT2D eigenvalue weighted by Crippen LogP contribution is 2.27. The monoisotopic (exact) mass is 299 g/mol. The molecule has 3 rings (SSSR count). The number of carbonyl (C=O) groups is 1. The number of nitriles is 1. The Labute approximate surface area is 134 Å². The minimum atomic E-state index is -0.257. The van der Waals surface area contributed by atoms with Crippen LogP contribution in [0.2, 0.25) is 0 Å². The highest BCUT2D eigenvalue weighted by molar-refractivity contribution is 6.08. The summed E-state index contributed by atoms with van der Waals surface area (Å²) in [6.45, 7) is 0. The third kappa shape index (κ3) is 3.09. The van der Waals surface area contributed by atoms with E-state index >= 15 is 0 Å². The van der Waals surface area contributed by atoms with Crippen LogP contribution in [0.1, 0.15) is 15.9 Å². The van der Waals surface area contributed by atoms with Crippen molar-refractivity contribution in [3.63, 3.8) is 0 Å². The molecule has 0 aliphatic rings. The van der Waals surface area contributed by atoms with Gasteiger partial charge in [-0.25, -0.2) is 4.98 Å². The van der Waals surface area contributed by atoms with Gasteiger partial charge < -0.3 is 5.32 Å². The molecule has 4 nitrogen and oxygen atoms in total. The van der Waals surface area contributed by atoms with Crippen molar-refractivity contribution in [1.82, 2.24) is 4.98 Å². The number of pyridine rings is 1. The van der Waals surface area contributed by atoms with E-state index in [1.807, 2.05) is 24.3 Å². The van der Waals surface area contributed by atoms with Crippen molar-refractivity contribution in [2.24, 2.45) is 0 Å². The van der Waals surface area contributed by atoms with Gasteiger partial charge >= 0.3 is 0 Å².